The maximum Gasteiger partial charge on any atom is 0.0673 e. The number of hydrogen-bond donors (Lipinski definition) is 2. The highest BCUT2D eigenvalue weighted by molar-refractivity contribution is 9.11. The summed E-state index contributed by atoms with van der Waals surface area (Å²) in [6.07, 6.45) is 0. The SMILES string of the molecule is Nc1cccc(Nc2c(Br)cccc2Br)c1. The van der Waals surface area contributed by atoms with Crippen LogP contribution in [-0.4, -0.2) is 0 Å². The molecule has 3 N–H and O–H groups in total. The van der Waals surface area contributed by atoms with Crippen LogP contribution in [-0.2, 0) is 0 Å². The molecule has 0 aliphatic carbocycles. The molecule has 0 saturated carbocycles. The number of rotatable bonds is 2. The zero-order valence-electron chi connectivity index (χ0n) is 8.37. The fourth-order valence-corrected chi connectivity index (χ4v) is 2.57. The second kappa shape index (κ2) is 4.89. The van der Waals surface area contributed by atoms with E-state index < -0.39 is 0 Å². The lowest BCUT2D eigenvalue weighted by Gasteiger charge is -2.10. The summed E-state index contributed by atoms with van der Waals surface area (Å²) in [5.41, 5.74) is 8.43. The second-order valence-electron chi connectivity index (χ2n) is 3.35. The van der Waals surface area contributed by atoms with Gasteiger partial charge in [-0.05, 0) is 62.2 Å². The van der Waals surface area contributed by atoms with Crippen molar-refractivity contribution in [2.75, 3.05) is 11.1 Å². The second-order valence-corrected chi connectivity index (χ2v) is 5.06. The van der Waals surface area contributed by atoms with E-state index in [-0.39, 0.29) is 0 Å². The van der Waals surface area contributed by atoms with Crippen molar-refractivity contribution in [1.82, 2.24) is 0 Å². The zero-order chi connectivity index (χ0) is 11.5. The van der Waals surface area contributed by atoms with E-state index in [4.69, 9.17) is 5.73 Å². The molecule has 0 amide bonds. The van der Waals surface area contributed by atoms with Crippen LogP contribution >= 0.6 is 31.9 Å². The van der Waals surface area contributed by atoms with Crippen LogP contribution in [0.3, 0.4) is 0 Å². The standard InChI is InChI=1S/C12H10Br2N2/c13-10-5-2-6-11(14)12(10)16-9-4-1-3-8(15)7-9/h1-7,16H,15H2. The number of anilines is 3. The van der Waals surface area contributed by atoms with Gasteiger partial charge in [-0.1, -0.05) is 12.1 Å². The smallest absolute Gasteiger partial charge is 0.0673 e. The Hall–Kier alpha value is -1.00. The molecule has 0 radical (unpaired) electrons. The Kier molecular flexibility index (Phi) is 3.51. The minimum Gasteiger partial charge on any atom is -0.399 e. The third-order valence-electron chi connectivity index (χ3n) is 2.12. The van der Waals surface area contributed by atoms with Crippen LogP contribution < -0.4 is 11.1 Å². The van der Waals surface area contributed by atoms with Gasteiger partial charge in [-0.2, -0.15) is 0 Å². The predicted molar refractivity (Wildman–Crippen MR) is 76.0 cm³/mol. The van der Waals surface area contributed by atoms with Crippen molar-refractivity contribution in [3.8, 4) is 0 Å². The minimum atomic E-state index is 0.744. The molecule has 16 heavy (non-hydrogen) atoms. The fourth-order valence-electron chi connectivity index (χ4n) is 1.38. The van der Waals surface area contributed by atoms with E-state index in [1.165, 1.54) is 0 Å². The first-order chi connectivity index (χ1) is 7.66. The van der Waals surface area contributed by atoms with Crippen molar-refractivity contribution in [2.45, 2.75) is 0 Å². The maximum absolute atomic E-state index is 5.72. The number of hydrogen-bond acceptors (Lipinski definition) is 2. The highest BCUT2D eigenvalue weighted by atomic mass is 79.9. The summed E-state index contributed by atoms with van der Waals surface area (Å²) < 4.78 is 2.01. The molecule has 0 aromatic heterocycles. The molecule has 2 rings (SSSR count). The summed E-state index contributed by atoms with van der Waals surface area (Å²) in [4.78, 5) is 0. The fraction of sp³-hybridized carbons (Fsp3) is 0. The Balaban J connectivity index is 2.34. The quantitative estimate of drug-likeness (QED) is 0.787. The van der Waals surface area contributed by atoms with Crippen molar-refractivity contribution in [1.29, 1.82) is 0 Å². The van der Waals surface area contributed by atoms with Crippen molar-refractivity contribution >= 4 is 48.9 Å². The van der Waals surface area contributed by atoms with Gasteiger partial charge in [-0.25, -0.2) is 0 Å². The average molecular weight is 342 g/mol. The summed E-state index contributed by atoms with van der Waals surface area (Å²) in [5.74, 6) is 0. The molecular formula is C12H10Br2N2. The molecule has 0 aliphatic heterocycles. The summed E-state index contributed by atoms with van der Waals surface area (Å²) in [6.45, 7) is 0. The largest absolute Gasteiger partial charge is 0.399 e. The number of nitrogens with two attached hydrogens (primary N) is 1. The van der Waals surface area contributed by atoms with E-state index in [2.05, 4.69) is 37.2 Å². The van der Waals surface area contributed by atoms with Crippen LogP contribution in [0.15, 0.2) is 51.4 Å². The van der Waals surface area contributed by atoms with Gasteiger partial charge in [0.2, 0.25) is 0 Å². The van der Waals surface area contributed by atoms with Crippen LogP contribution in [0.2, 0.25) is 0 Å². The van der Waals surface area contributed by atoms with Gasteiger partial charge in [0.15, 0.2) is 0 Å². The van der Waals surface area contributed by atoms with Gasteiger partial charge in [0.25, 0.3) is 0 Å². The van der Waals surface area contributed by atoms with E-state index in [0.29, 0.717) is 0 Å². The van der Waals surface area contributed by atoms with Crippen LogP contribution in [0.1, 0.15) is 0 Å². The maximum atomic E-state index is 5.72. The number of para-hydroxylation sites is 1. The monoisotopic (exact) mass is 340 g/mol. The number of halogens is 2. The van der Waals surface area contributed by atoms with Gasteiger partial charge >= 0.3 is 0 Å². The Bertz CT molecular complexity index is 492. The molecule has 0 spiro atoms. The molecule has 82 valence electrons. The summed E-state index contributed by atoms with van der Waals surface area (Å²) in [7, 11) is 0. The first-order valence-corrected chi connectivity index (χ1v) is 6.32. The highest BCUT2D eigenvalue weighted by Crippen LogP contribution is 2.33. The summed E-state index contributed by atoms with van der Waals surface area (Å²) in [6, 6.07) is 13.6. The normalized spacial score (nSPS) is 10.1. The number of benzene rings is 2. The van der Waals surface area contributed by atoms with Crippen molar-refractivity contribution in [3.05, 3.63) is 51.4 Å². The van der Waals surface area contributed by atoms with E-state index in [1.807, 2.05) is 42.5 Å². The van der Waals surface area contributed by atoms with Crippen LogP contribution in [0, 0.1) is 0 Å². The third-order valence-corrected chi connectivity index (χ3v) is 3.44. The Morgan fingerprint density at radius 1 is 0.938 bits per heavy atom. The van der Waals surface area contributed by atoms with E-state index in [0.717, 1.165) is 26.0 Å². The molecule has 2 aromatic rings. The molecule has 0 saturated heterocycles. The summed E-state index contributed by atoms with van der Waals surface area (Å²) in [5, 5.41) is 3.31. The molecule has 0 unspecified atom stereocenters. The molecule has 0 aliphatic rings. The molecular weight excluding hydrogens is 332 g/mol. The molecule has 0 heterocycles. The van der Waals surface area contributed by atoms with Gasteiger partial charge in [0.05, 0.1) is 5.69 Å². The molecule has 4 heteroatoms. The number of nitrogen functional groups attached to an aromatic ring is 1. The van der Waals surface area contributed by atoms with E-state index in [9.17, 15) is 0 Å². The topological polar surface area (TPSA) is 38.0 Å². The van der Waals surface area contributed by atoms with Gasteiger partial charge in [-0.3, -0.25) is 0 Å². The molecule has 0 bridgehead atoms. The molecule has 2 aromatic carbocycles. The van der Waals surface area contributed by atoms with Crippen molar-refractivity contribution < 1.29 is 0 Å². The molecule has 2 nitrogen and oxygen atoms in total. The van der Waals surface area contributed by atoms with Crippen molar-refractivity contribution in [3.63, 3.8) is 0 Å². The average Bonchev–Trinajstić information content (AvgIpc) is 2.24. The lowest BCUT2D eigenvalue weighted by atomic mass is 10.2. The zero-order valence-corrected chi connectivity index (χ0v) is 11.5. The molecule has 0 fully saturated rings. The minimum absolute atomic E-state index is 0.744. The molecule has 0 atom stereocenters. The first kappa shape index (κ1) is 11.5. The third kappa shape index (κ3) is 2.57. The van der Waals surface area contributed by atoms with Crippen LogP contribution in [0.5, 0.6) is 0 Å². The van der Waals surface area contributed by atoms with Crippen molar-refractivity contribution in [2.24, 2.45) is 0 Å². The first-order valence-electron chi connectivity index (χ1n) is 4.73. The van der Waals surface area contributed by atoms with Gasteiger partial charge in [0.1, 0.15) is 0 Å². The highest BCUT2D eigenvalue weighted by Gasteiger charge is 2.04. The van der Waals surface area contributed by atoms with Gasteiger partial charge in [0, 0.05) is 20.3 Å². The van der Waals surface area contributed by atoms with E-state index in [1.54, 1.807) is 0 Å². The van der Waals surface area contributed by atoms with Crippen LogP contribution in [0.25, 0.3) is 0 Å². The lowest BCUT2D eigenvalue weighted by molar-refractivity contribution is 1.50. The van der Waals surface area contributed by atoms with Gasteiger partial charge in [-0.15, -0.1) is 0 Å². The Labute approximate surface area is 111 Å². The van der Waals surface area contributed by atoms with Gasteiger partial charge < -0.3 is 11.1 Å². The van der Waals surface area contributed by atoms with E-state index >= 15 is 0 Å². The number of nitrogens with one attached hydrogen (secondary N) is 1. The summed E-state index contributed by atoms with van der Waals surface area (Å²) >= 11 is 7.00. The Morgan fingerprint density at radius 2 is 1.56 bits per heavy atom. The Morgan fingerprint density at radius 3 is 2.19 bits per heavy atom. The predicted octanol–water partition coefficient (Wildman–Crippen LogP) is 4.54. The van der Waals surface area contributed by atoms with Crippen LogP contribution in [0.4, 0.5) is 17.1 Å². The lowest BCUT2D eigenvalue weighted by Crippen LogP contribution is -1.93.